The highest BCUT2D eigenvalue weighted by Gasteiger charge is 2.23. The molecule has 0 bridgehead atoms. The summed E-state index contributed by atoms with van der Waals surface area (Å²) in [6.07, 6.45) is 1.12. The minimum absolute atomic E-state index is 0.00975. The van der Waals surface area contributed by atoms with Crippen LogP contribution in [0.25, 0.3) is 0 Å². The summed E-state index contributed by atoms with van der Waals surface area (Å²) in [5.41, 5.74) is 0.755. The number of aryl methyl sites for hydroxylation is 1. The minimum Gasteiger partial charge on any atom is -0.382 e. The van der Waals surface area contributed by atoms with Gasteiger partial charge in [0.2, 0.25) is 11.8 Å². The van der Waals surface area contributed by atoms with Crippen LogP contribution in [-0.2, 0) is 14.3 Å². The van der Waals surface area contributed by atoms with Crippen molar-refractivity contribution in [3.63, 3.8) is 0 Å². The van der Waals surface area contributed by atoms with Crippen molar-refractivity contribution in [2.45, 2.75) is 47.5 Å². The van der Waals surface area contributed by atoms with Gasteiger partial charge in [0.05, 0.1) is 12.2 Å². The molecule has 0 aliphatic carbocycles. The Hall–Kier alpha value is -1.47. The Balaban J connectivity index is 2.61. The number of carbonyl (C=O) groups is 2. The van der Waals surface area contributed by atoms with E-state index < -0.39 is 0 Å². The van der Waals surface area contributed by atoms with E-state index >= 15 is 0 Å². The summed E-state index contributed by atoms with van der Waals surface area (Å²) in [5, 5.41) is 5.20. The Labute approximate surface area is 148 Å². The van der Waals surface area contributed by atoms with Gasteiger partial charge in [-0.25, -0.2) is 4.98 Å². The van der Waals surface area contributed by atoms with Crippen molar-refractivity contribution in [1.82, 2.24) is 9.88 Å². The third-order valence-corrected chi connectivity index (χ3v) is 4.03. The Bertz CT molecular complexity index is 537. The first-order chi connectivity index (χ1) is 11.2. The Morgan fingerprint density at radius 1 is 1.38 bits per heavy atom. The molecule has 1 N–H and O–H groups in total. The first-order valence-electron chi connectivity index (χ1n) is 8.29. The fourth-order valence-corrected chi connectivity index (χ4v) is 2.81. The minimum atomic E-state index is -0.219. The van der Waals surface area contributed by atoms with Crippen LogP contribution in [0.2, 0.25) is 0 Å². The van der Waals surface area contributed by atoms with Crippen molar-refractivity contribution in [2.24, 2.45) is 5.41 Å². The number of aromatic nitrogens is 1. The monoisotopic (exact) mass is 355 g/mol. The lowest BCUT2D eigenvalue weighted by molar-refractivity contribution is -0.136. The van der Waals surface area contributed by atoms with Gasteiger partial charge in [-0.15, -0.1) is 11.3 Å². The molecule has 0 saturated heterocycles. The Morgan fingerprint density at radius 2 is 2.08 bits per heavy atom. The topological polar surface area (TPSA) is 71.5 Å². The van der Waals surface area contributed by atoms with Crippen molar-refractivity contribution >= 4 is 28.3 Å². The summed E-state index contributed by atoms with van der Waals surface area (Å²) in [4.78, 5) is 30.6. The molecule has 1 rings (SSSR count). The van der Waals surface area contributed by atoms with Crippen LogP contribution in [-0.4, -0.2) is 48.0 Å². The molecule has 0 unspecified atom stereocenters. The van der Waals surface area contributed by atoms with Crippen molar-refractivity contribution in [3.05, 3.63) is 11.1 Å². The molecule has 0 radical (unpaired) electrons. The van der Waals surface area contributed by atoms with E-state index in [9.17, 15) is 9.59 Å². The summed E-state index contributed by atoms with van der Waals surface area (Å²) in [6.45, 7) is 11.7. The van der Waals surface area contributed by atoms with Crippen LogP contribution in [0.15, 0.2) is 5.38 Å². The van der Waals surface area contributed by atoms with Gasteiger partial charge in [-0.3, -0.25) is 9.59 Å². The van der Waals surface area contributed by atoms with Gasteiger partial charge >= 0.3 is 0 Å². The number of nitrogens with one attached hydrogen (secondary N) is 1. The molecule has 1 heterocycles. The van der Waals surface area contributed by atoms with Gasteiger partial charge in [-0.2, -0.15) is 0 Å². The van der Waals surface area contributed by atoms with Crippen molar-refractivity contribution in [3.8, 4) is 0 Å². The third kappa shape index (κ3) is 8.40. The molecule has 0 aliphatic rings. The number of thiazole rings is 1. The lowest BCUT2D eigenvalue weighted by Crippen LogP contribution is -2.40. The fourth-order valence-electron chi connectivity index (χ4n) is 2.10. The van der Waals surface area contributed by atoms with Crippen LogP contribution in [0.4, 0.5) is 5.13 Å². The lowest BCUT2D eigenvalue weighted by Gasteiger charge is -2.26. The number of amides is 2. The number of rotatable bonds is 9. The predicted molar refractivity (Wildman–Crippen MR) is 97.2 cm³/mol. The first-order valence-corrected chi connectivity index (χ1v) is 9.16. The number of ether oxygens (including phenoxy) is 1. The van der Waals surface area contributed by atoms with Crippen LogP contribution in [0, 0.1) is 12.3 Å². The molecular formula is C17H29N3O3S. The van der Waals surface area contributed by atoms with E-state index in [4.69, 9.17) is 4.74 Å². The number of anilines is 1. The summed E-state index contributed by atoms with van der Waals surface area (Å²) in [7, 11) is 0. The largest absolute Gasteiger partial charge is 0.382 e. The SMILES string of the molecule is CCOCCCN(CC(=O)Nc1nc(C)cs1)C(=O)CC(C)(C)C. The number of carbonyl (C=O) groups excluding carboxylic acids is 2. The molecule has 0 aliphatic heterocycles. The normalized spacial score (nSPS) is 11.4. The van der Waals surface area contributed by atoms with E-state index in [0.29, 0.717) is 37.7 Å². The summed E-state index contributed by atoms with van der Waals surface area (Å²) in [6, 6.07) is 0. The molecule has 7 heteroatoms. The van der Waals surface area contributed by atoms with Crippen molar-refractivity contribution < 1.29 is 14.3 Å². The Kier molecular flexibility index (Phi) is 8.35. The number of hydrogen-bond acceptors (Lipinski definition) is 5. The highest BCUT2D eigenvalue weighted by atomic mass is 32.1. The van der Waals surface area contributed by atoms with Crippen LogP contribution in [0.1, 0.15) is 46.2 Å². The summed E-state index contributed by atoms with van der Waals surface area (Å²) in [5.74, 6) is -0.229. The molecule has 136 valence electrons. The van der Waals surface area contributed by atoms with Crippen LogP contribution in [0.3, 0.4) is 0 Å². The molecule has 0 atom stereocenters. The van der Waals surface area contributed by atoms with Crippen LogP contribution < -0.4 is 5.32 Å². The van der Waals surface area contributed by atoms with Gasteiger partial charge in [0, 0.05) is 31.6 Å². The molecule has 1 aromatic heterocycles. The fraction of sp³-hybridized carbons (Fsp3) is 0.706. The molecule has 0 fully saturated rings. The molecule has 0 aromatic carbocycles. The van der Waals surface area contributed by atoms with E-state index in [1.165, 1.54) is 11.3 Å². The van der Waals surface area contributed by atoms with Gasteiger partial charge in [-0.05, 0) is 25.7 Å². The molecule has 0 spiro atoms. The number of nitrogens with zero attached hydrogens (tertiary/aromatic N) is 2. The van der Waals surface area contributed by atoms with Crippen LogP contribution >= 0.6 is 11.3 Å². The second kappa shape index (κ2) is 9.74. The standard InChI is InChI=1S/C17H29N3O3S/c1-6-23-9-7-8-20(15(22)10-17(3,4)5)11-14(21)19-16-18-13(2)12-24-16/h12H,6-11H2,1-5H3,(H,18,19,21). The summed E-state index contributed by atoms with van der Waals surface area (Å²) >= 11 is 1.38. The average Bonchev–Trinajstić information content (AvgIpc) is 2.85. The average molecular weight is 356 g/mol. The second-order valence-corrected chi connectivity index (χ2v) is 7.80. The second-order valence-electron chi connectivity index (χ2n) is 6.95. The highest BCUT2D eigenvalue weighted by molar-refractivity contribution is 7.13. The van der Waals surface area contributed by atoms with E-state index in [1.54, 1.807) is 4.90 Å². The van der Waals surface area contributed by atoms with Crippen LogP contribution in [0.5, 0.6) is 0 Å². The first kappa shape index (κ1) is 20.6. The van der Waals surface area contributed by atoms with E-state index in [2.05, 4.69) is 10.3 Å². The quantitative estimate of drug-likeness (QED) is 0.691. The van der Waals surface area contributed by atoms with Crippen molar-refractivity contribution in [2.75, 3.05) is 31.6 Å². The predicted octanol–water partition coefficient (Wildman–Crippen LogP) is 3.08. The van der Waals surface area contributed by atoms with Gasteiger partial charge in [0.1, 0.15) is 0 Å². The summed E-state index contributed by atoms with van der Waals surface area (Å²) < 4.78 is 5.32. The third-order valence-electron chi connectivity index (χ3n) is 3.15. The molecule has 24 heavy (non-hydrogen) atoms. The zero-order chi connectivity index (χ0) is 18.2. The maximum absolute atomic E-state index is 12.5. The maximum Gasteiger partial charge on any atom is 0.245 e. The van der Waals surface area contributed by atoms with E-state index in [0.717, 1.165) is 5.69 Å². The Morgan fingerprint density at radius 3 is 2.62 bits per heavy atom. The van der Waals surface area contributed by atoms with Gasteiger partial charge in [0.15, 0.2) is 5.13 Å². The van der Waals surface area contributed by atoms with Crippen molar-refractivity contribution in [1.29, 1.82) is 0 Å². The van der Waals surface area contributed by atoms with Gasteiger partial charge < -0.3 is 15.0 Å². The highest BCUT2D eigenvalue weighted by Crippen LogP contribution is 2.20. The lowest BCUT2D eigenvalue weighted by atomic mass is 9.91. The molecule has 6 nitrogen and oxygen atoms in total. The van der Waals surface area contributed by atoms with E-state index in [-0.39, 0.29) is 23.8 Å². The van der Waals surface area contributed by atoms with E-state index in [1.807, 2.05) is 40.0 Å². The molecule has 0 saturated carbocycles. The maximum atomic E-state index is 12.5. The zero-order valence-electron chi connectivity index (χ0n) is 15.3. The zero-order valence-corrected chi connectivity index (χ0v) is 16.2. The number of hydrogen-bond donors (Lipinski definition) is 1. The molecular weight excluding hydrogens is 326 g/mol. The molecule has 1 aromatic rings. The molecule has 2 amide bonds. The smallest absolute Gasteiger partial charge is 0.245 e. The van der Waals surface area contributed by atoms with Gasteiger partial charge in [-0.1, -0.05) is 20.8 Å². The van der Waals surface area contributed by atoms with Gasteiger partial charge in [0.25, 0.3) is 0 Å².